The molecule has 2 aromatic rings. The standard InChI is InChI=1S/C17H12F2O3/c18-17(19)22-14-7-3-1-5-11(14)9-12-10-21-15-8-4-2-6-13(15)16(12)20/h1-9,17H,10H2. The molecule has 2 aromatic carbocycles. The average Bonchev–Trinajstić information content (AvgIpc) is 2.51. The van der Waals surface area contributed by atoms with Crippen LogP contribution in [0.2, 0.25) is 0 Å². The molecule has 0 radical (unpaired) electrons. The van der Waals surface area contributed by atoms with Crippen molar-refractivity contribution in [2.24, 2.45) is 0 Å². The van der Waals surface area contributed by atoms with Gasteiger partial charge in [-0.05, 0) is 24.3 Å². The SMILES string of the molecule is O=C1C(=Cc2ccccc2OC(F)F)COc2ccccc21. The van der Waals surface area contributed by atoms with Gasteiger partial charge in [-0.1, -0.05) is 30.3 Å². The molecule has 0 aliphatic carbocycles. The van der Waals surface area contributed by atoms with E-state index in [1.54, 1.807) is 42.5 Å². The highest BCUT2D eigenvalue weighted by molar-refractivity contribution is 6.14. The van der Waals surface area contributed by atoms with Crippen LogP contribution in [0.15, 0.2) is 54.1 Å². The quantitative estimate of drug-likeness (QED) is 0.805. The van der Waals surface area contributed by atoms with E-state index in [2.05, 4.69) is 4.74 Å². The predicted octanol–water partition coefficient (Wildman–Crippen LogP) is 3.95. The molecule has 0 unspecified atom stereocenters. The number of rotatable bonds is 3. The fourth-order valence-corrected chi connectivity index (χ4v) is 2.27. The van der Waals surface area contributed by atoms with E-state index in [0.717, 1.165) is 0 Å². The Morgan fingerprint density at radius 2 is 1.82 bits per heavy atom. The number of Topliss-reactive ketones (excluding diaryl/α,β-unsaturated/α-hetero) is 1. The molecule has 112 valence electrons. The van der Waals surface area contributed by atoms with Crippen LogP contribution < -0.4 is 9.47 Å². The van der Waals surface area contributed by atoms with Gasteiger partial charge >= 0.3 is 6.61 Å². The fourth-order valence-electron chi connectivity index (χ4n) is 2.27. The van der Waals surface area contributed by atoms with Crippen molar-refractivity contribution in [3.63, 3.8) is 0 Å². The van der Waals surface area contributed by atoms with Crippen LogP contribution in [0.4, 0.5) is 8.78 Å². The molecule has 22 heavy (non-hydrogen) atoms. The van der Waals surface area contributed by atoms with Gasteiger partial charge in [0.15, 0.2) is 5.78 Å². The largest absolute Gasteiger partial charge is 0.488 e. The molecule has 0 aromatic heterocycles. The highest BCUT2D eigenvalue weighted by atomic mass is 19.3. The van der Waals surface area contributed by atoms with E-state index < -0.39 is 6.61 Å². The van der Waals surface area contributed by atoms with Gasteiger partial charge in [0.1, 0.15) is 18.1 Å². The van der Waals surface area contributed by atoms with Gasteiger partial charge < -0.3 is 9.47 Å². The molecule has 3 rings (SSSR count). The van der Waals surface area contributed by atoms with Crippen molar-refractivity contribution in [1.82, 2.24) is 0 Å². The second-order valence-electron chi connectivity index (χ2n) is 4.70. The Labute approximate surface area is 125 Å². The lowest BCUT2D eigenvalue weighted by Gasteiger charge is -2.18. The molecule has 0 amide bonds. The number of ether oxygens (including phenoxy) is 2. The molecule has 1 aliphatic heterocycles. The minimum atomic E-state index is -2.92. The van der Waals surface area contributed by atoms with E-state index in [9.17, 15) is 13.6 Å². The number of carbonyl (C=O) groups is 1. The highest BCUT2D eigenvalue weighted by Gasteiger charge is 2.23. The molecule has 0 saturated carbocycles. The Morgan fingerprint density at radius 3 is 2.64 bits per heavy atom. The van der Waals surface area contributed by atoms with Crippen LogP contribution in [0.1, 0.15) is 15.9 Å². The molecule has 0 bridgehead atoms. The first-order chi connectivity index (χ1) is 10.6. The smallest absolute Gasteiger partial charge is 0.387 e. The van der Waals surface area contributed by atoms with Crippen LogP contribution in [0, 0.1) is 0 Å². The van der Waals surface area contributed by atoms with Crippen molar-refractivity contribution in [1.29, 1.82) is 0 Å². The number of fused-ring (bicyclic) bond motifs is 1. The van der Waals surface area contributed by atoms with Crippen molar-refractivity contribution in [2.75, 3.05) is 6.61 Å². The number of carbonyl (C=O) groups excluding carboxylic acids is 1. The molecular weight excluding hydrogens is 290 g/mol. The molecule has 0 atom stereocenters. The minimum Gasteiger partial charge on any atom is -0.488 e. The third-order valence-corrected chi connectivity index (χ3v) is 3.27. The molecule has 0 fully saturated rings. The number of hydrogen-bond acceptors (Lipinski definition) is 3. The normalized spacial score (nSPS) is 15.6. The van der Waals surface area contributed by atoms with E-state index in [4.69, 9.17) is 4.74 Å². The zero-order chi connectivity index (χ0) is 15.5. The number of benzene rings is 2. The summed E-state index contributed by atoms with van der Waals surface area (Å²) in [6.07, 6.45) is 1.52. The third kappa shape index (κ3) is 2.83. The lowest BCUT2D eigenvalue weighted by molar-refractivity contribution is -0.0499. The number of ketones is 1. The monoisotopic (exact) mass is 302 g/mol. The Morgan fingerprint density at radius 1 is 1.09 bits per heavy atom. The predicted molar refractivity (Wildman–Crippen MR) is 77.3 cm³/mol. The summed E-state index contributed by atoms with van der Waals surface area (Å²) in [4.78, 5) is 12.4. The van der Waals surface area contributed by atoms with Crippen LogP contribution in [0.3, 0.4) is 0 Å². The van der Waals surface area contributed by atoms with Crippen molar-refractivity contribution in [3.8, 4) is 11.5 Å². The second kappa shape index (κ2) is 5.97. The van der Waals surface area contributed by atoms with Crippen molar-refractivity contribution >= 4 is 11.9 Å². The first kappa shape index (κ1) is 14.3. The first-order valence-electron chi connectivity index (χ1n) is 6.66. The summed E-state index contributed by atoms with van der Waals surface area (Å²) in [5, 5.41) is 0. The summed E-state index contributed by atoms with van der Waals surface area (Å²) in [7, 11) is 0. The maximum Gasteiger partial charge on any atom is 0.387 e. The van der Waals surface area contributed by atoms with Gasteiger partial charge in [-0.2, -0.15) is 8.78 Å². The summed E-state index contributed by atoms with van der Waals surface area (Å²) >= 11 is 0. The molecule has 1 heterocycles. The average molecular weight is 302 g/mol. The van der Waals surface area contributed by atoms with E-state index in [0.29, 0.717) is 22.4 Å². The summed E-state index contributed by atoms with van der Waals surface area (Å²) in [5.41, 5.74) is 1.27. The van der Waals surface area contributed by atoms with E-state index in [1.807, 2.05) is 0 Å². The Bertz CT molecular complexity index is 738. The van der Waals surface area contributed by atoms with Crippen molar-refractivity contribution in [2.45, 2.75) is 6.61 Å². The molecule has 0 saturated heterocycles. The zero-order valence-corrected chi connectivity index (χ0v) is 11.5. The second-order valence-corrected chi connectivity index (χ2v) is 4.70. The maximum absolute atomic E-state index is 12.4. The Hall–Kier alpha value is -2.69. The number of halogens is 2. The van der Waals surface area contributed by atoms with E-state index >= 15 is 0 Å². The molecule has 0 N–H and O–H groups in total. The van der Waals surface area contributed by atoms with Crippen molar-refractivity contribution in [3.05, 3.63) is 65.2 Å². The van der Waals surface area contributed by atoms with Crippen LogP contribution >= 0.6 is 0 Å². The highest BCUT2D eigenvalue weighted by Crippen LogP contribution is 2.29. The first-order valence-corrected chi connectivity index (χ1v) is 6.66. The van der Waals surface area contributed by atoms with Crippen molar-refractivity contribution < 1.29 is 23.0 Å². The molecule has 1 aliphatic rings. The van der Waals surface area contributed by atoms with Gasteiger partial charge in [0.2, 0.25) is 0 Å². The fraction of sp³-hybridized carbons (Fsp3) is 0.118. The summed E-state index contributed by atoms with van der Waals surface area (Å²) < 4.78 is 34.8. The topological polar surface area (TPSA) is 35.5 Å². The summed E-state index contributed by atoms with van der Waals surface area (Å²) in [6, 6.07) is 13.2. The van der Waals surface area contributed by atoms with Gasteiger partial charge in [0.25, 0.3) is 0 Å². The third-order valence-electron chi connectivity index (χ3n) is 3.27. The lowest BCUT2D eigenvalue weighted by atomic mass is 9.98. The Balaban J connectivity index is 1.96. The van der Waals surface area contributed by atoms with E-state index in [-0.39, 0.29) is 18.1 Å². The van der Waals surface area contributed by atoms with Crippen LogP contribution in [0.5, 0.6) is 11.5 Å². The number of para-hydroxylation sites is 2. The minimum absolute atomic E-state index is 0.0247. The molecule has 5 heteroatoms. The summed E-state index contributed by atoms with van der Waals surface area (Å²) in [5.74, 6) is 0.382. The van der Waals surface area contributed by atoms with Gasteiger partial charge in [-0.3, -0.25) is 4.79 Å². The number of alkyl halides is 2. The molecule has 0 spiro atoms. The molecule has 3 nitrogen and oxygen atoms in total. The summed E-state index contributed by atoms with van der Waals surface area (Å²) in [6.45, 7) is -2.82. The molecular formula is C17H12F2O3. The van der Waals surface area contributed by atoms with E-state index in [1.165, 1.54) is 12.1 Å². The van der Waals surface area contributed by atoms with Crippen LogP contribution in [-0.2, 0) is 0 Å². The lowest BCUT2D eigenvalue weighted by Crippen LogP contribution is -2.18. The van der Waals surface area contributed by atoms with Gasteiger partial charge in [0.05, 0.1) is 5.56 Å². The maximum atomic E-state index is 12.4. The van der Waals surface area contributed by atoms with Crippen LogP contribution in [-0.4, -0.2) is 19.0 Å². The Kier molecular flexibility index (Phi) is 3.87. The van der Waals surface area contributed by atoms with Gasteiger partial charge in [0, 0.05) is 11.1 Å². The van der Waals surface area contributed by atoms with Gasteiger partial charge in [-0.15, -0.1) is 0 Å². The zero-order valence-electron chi connectivity index (χ0n) is 11.5. The van der Waals surface area contributed by atoms with Gasteiger partial charge in [-0.25, -0.2) is 0 Å². The number of hydrogen-bond donors (Lipinski definition) is 0. The van der Waals surface area contributed by atoms with Crippen LogP contribution in [0.25, 0.3) is 6.08 Å².